The van der Waals surface area contributed by atoms with E-state index in [0.717, 1.165) is 47.0 Å². The third-order valence-electron chi connectivity index (χ3n) is 12.8. The molecule has 2 nitrogen and oxygen atoms in total. The minimum absolute atomic E-state index is 0.542. The van der Waals surface area contributed by atoms with E-state index in [0.29, 0.717) is 0 Å². The predicted octanol–water partition coefficient (Wildman–Crippen LogP) is 16.4. The van der Waals surface area contributed by atoms with Gasteiger partial charge < -0.3 is 9.80 Å². The molecular weight excluding hydrogens is 761 g/mol. The van der Waals surface area contributed by atoms with Crippen molar-refractivity contribution in [2.24, 2.45) is 0 Å². The lowest BCUT2D eigenvalue weighted by Crippen LogP contribution is -2.28. The first-order chi connectivity index (χ1) is 31.3. The molecule has 0 aromatic heterocycles. The molecule has 300 valence electrons. The Morgan fingerprint density at radius 2 is 0.667 bits per heavy atom. The smallest absolute Gasteiger partial charge is 0.0713 e. The van der Waals surface area contributed by atoms with E-state index in [1.165, 1.54) is 55.6 Å². The van der Waals surface area contributed by atoms with Crippen molar-refractivity contribution in [2.45, 2.75) is 18.3 Å². The summed E-state index contributed by atoms with van der Waals surface area (Å²) in [5, 5.41) is 0. The molecule has 9 aromatic carbocycles. The molecule has 0 atom stereocenters. The molecule has 0 spiro atoms. The number of fused-ring (bicyclic) bond motifs is 3. The van der Waals surface area contributed by atoms with Crippen LogP contribution in [0.5, 0.6) is 0 Å². The highest BCUT2D eigenvalue weighted by Crippen LogP contribution is 2.56. The molecule has 0 amide bonds. The van der Waals surface area contributed by atoms with E-state index < -0.39 is 5.41 Å². The summed E-state index contributed by atoms with van der Waals surface area (Å²) in [5.74, 6) is 0. The van der Waals surface area contributed by atoms with Crippen LogP contribution in [0.3, 0.4) is 0 Å². The van der Waals surface area contributed by atoms with Crippen LogP contribution in [-0.4, -0.2) is 0 Å². The zero-order valence-electron chi connectivity index (χ0n) is 35.1. The van der Waals surface area contributed by atoms with Crippen LogP contribution in [0.15, 0.2) is 255 Å². The molecular formula is C61H46N2. The van der Waals surface area contributed by atoms with E-state index in [9.17, 15) is 0 Å². The number of rotatable bonds is 10. The molecule has 63 heavy (non-hydrogen) atoms. The molecule has 0 N–H and O–H groups in total. The van der Waals surface area contributed by atoms with Gasteiger partial charge in [0.25, 0.3) is 0 Å². The van der Waals surface area contributed by atoms with E-state index in [4.69, 9.17) is 0 Å². The van der Waals surface area contributed by atoms with Gasteiger partial charge in [-0.15, -0.1) is 0 Å². The third-order valence-corrected chi connectivity index (χ3v) is 12.8. The lowest BCUT2D eigenvalue weighted by molar-refractivity contribution is 0.768. The maximum atomic E-state index is 2.36. The number of para-hydroxylation sites is 2. The molecule has 0 aliphatic heterocycles. The molecule has 2 aliphatic carbocycles. The van der Waals surface area contributed by atoms with Crippen LogP contribution >= 0.6 is 0 Å². The second-order valence-electron chi connectivity index (χ2n) is 16.4. The minimum Gasteiger partial charge on any atom is -0.311 e. The molecule has 2 heteroatoms. The molecule has 0 heterocycles. The summed E-state index contributed by atoms with van der Waals surface area (Å²) in [5.41, 5.74) is 18.7. The zero-order chi connectivity index (χ0) is 42.0. The van der Waals surface area contributed by atoms with Crippen molar-refractivity contribution < 1.29 is 0 Å². The number of hydrogen-bond acceptors (Lipinski definition) is 2. The monoisotopic (exact) mass is 806 g/mol. The van der Waals surface area contributed by atoms with Gasteiger partial charge in [-0.3, -0.25) is 0 Å². The van der Waals surface area contributed by atoms with Gasteiger partial charge in [0.05, 0.1) is 5.41 Å². The van der Waals surface area contributed by atoms with Crippen molar-refractivity contribution in [3.8, 4) is 22.3 Å². The summed E-state index contributed by atoms with van der Waals surface area (Å²) in [7, 11) is 0. The van der Waals surface area contributed by atoms with Gasteiger partial charge >= 0.3 is 0 Å². The molecule has 2 aliphatic rings. The summed E-state index contributed by atoms with van der Waals surface area (Å²) < 4.78 is 0. The van der Waals surface area contributed by atoms with Gasteiger partial charge in [-0.1, -0.05) is 182 Å². The van der Waals surface area contributed by atoms with Crippen LogP contribution in [0.25, 0.3) is 27.8 Å². The Morgan fingerprint density at radius 3 is 1.11 bits per heavy atom. The molecule has 0 bridgehead atoms. The lowest BCUT2D eigenvalue weighted by atomic mass is 9.67. The Balaban J connectivity index is 1.02. The fourth-order valence-electron chi connectivity index (χ4n) is 9.86. The molecule has 9 aromatic rings. The van der Waals surface area contributed by atoms with Crippen molar-refractivity contribution in [1.29, 1.82) is 0 Å². The van der Waals surface area contributed by atoms with E-state index in [2.05, 4.69) is 265 Å². The van der Waals surface area contributed by atoms with Crippen molar-refractivity contribution >= 4 is 39.7 Å². The normalized spacial score (nSPS) is 13.4. The highest BCUT2D eigenvalue weighted by molar-refractivity contribution is 5.88. The van der Waals surface area contributed by atoms with E-state index in [1.54, 1.807) is 0 Å². The van der Waals surface area contributed by atoms with Crippen LogP contribution < -0.4 is 9.80 Å². The molecule has 0 unspecified atom stereocenters. The topological polar surface area (TPSA) is 6.48 Å². The minimum atomic E-state index is -0.542. The summed E-state index contributed by atoms with van der Waals surface area (Å²) in [6.07, 6.45) is 9.07. The van der Waals surface area contributed by atoms with E-state index in [1.807, 2.05) is 0 Å². The first-order valence-electron chi connectivity index (χ1n) is 22.0. The molecule has 0 saturated carbocycles. The number of anilines is 6. The lowest BCUT2D eigenvalue weighted by Gasteiger charge is -2.35. The van der Waals surface area contributed by atoms with Crippen LogP contribution in [0, 0.1) is 0 Å². The average molecular weight is 807 g/mol. The average Bonchev–Trinajstić information content (AvgIpc) is 3.67. The Labute approximate surface area is 371 Å². The maximum absolute atomic E-state index is 2.36. The SMILES string of the molecule is C1=CC(c2ccc(N(c3ccccc3)c3ccc(C4(c5ccc(N(c6ccccc6)c6ccc(-c7ccccc7)cc6)cc5)c5ccccc5-c5ccccc54)cc3)cc2)=CCC1. The van der Waals surface area contributed by atoms with Gasteiger partial charge in [-0.2, -0.15) is 0 Å². The van der Waals surface area contributed by atoms with Crippen LogP contribution in [0.2, 0.25) is 0 Å². The van der Waals surface area contributed by atoms with Gasteiger partial charge in [0.15, 0.2) is 0 Å². The molecule has 11 rings (SSSR count). The van der Waals surface area contributed by atoms with Gasteiger partial charge in [-0.05, 0) is 141 Å². The summed E-state index contributed by atoms with van der Waals surface area (Å²) in [4.78, 5) is 4.71. The standard InChI is InChI=1S/C61H46N2/c1-5-17-45(18-6-1)47-29-37-53(38-30-47)62(51-21-9-3-10-22-51)55-41-33-49(34-42-55)61(59-27-15-13-25-57(59)58-26-14-16-28-60(58)61)50-35-43-56(44-36-50)63(52-23-11-4-12-24-52)54-39-31-48(32-40-54)46-19-7-2-8-20-46/h1,3-7,9-44H,2,8H2. The van der Waals surface area contributed by atoms with Gasteiger partial charge in [-0.25, -0.2) is 0 Å². The van der Waals surface area contributed by atoms with Crippen molar-refractivity contribution in [3.63, 3.8) is 0 Å². The Bertz CT molecular complexity index is 3010. The van der Waals surface area contributed by atoms with Crippen molar-refractivity contribution in [2.75, 3.05) is 9.80 Å². The van der Waals surface area contributed by atoms with Gasteiger partial charge in [0.1, 0.15) is 0 Å². The second-order valence-corrected chi connectivity index (χ2v) is 16.4. The van der Waals surface area contributed by atoms with Crippen molar-refractivity contribution in [1.82, 2.24) is 0 Å². The van der Waals surface area contributed by atoms with Crippen LogP contribution in [0.1, 0.15) is 40.7 Å². The van der Waals surface area contributed by atoms with Crippen molar-refractivity contribution in [3.05, 3.63) is 283 Å². The first-order valence-corrected chi connectivity index (χ1v) is 22.0. The molecule has 0 fully saturated rings. The largest absolute Gasteiger partial charge is 0.311 e. The number of nitrogens with zero attached hydrogens (tertiary/aromatic N) is 2. The van der Waals surface area contributed by atoms with Crippen LogP contribution in [-0.2, 0) is 5.41 Å². The fourth-order valence-corrected chi connectivity index (χ4v) is 9.86. The Hall–Kier alpha value is -7.94. The highest BCUT2D eigenvalue weighted by Gasteiger charge is 2.46. The first kappa shape index (κ1) is 38.0. The van der Waals surface area contributed by atoms with Gasteiger partial charge in [0.2, 0.25) is 0 Å². The number of allylic oxidation sites excluding steroid dienone is 4. The van der Waals surface area contributed by atoms with Gasteiger partial charge in [0, 0.05) is 34.1 Å². The maximum Gasteiger partial charge on any atom is 0.0713 e. The third kappa shape index (κ3) is 6.87. The summed E-state index contributed by atoms with van der Waals surface area (Å²) >= 11 is 0. The van der Waals surface area contributed by atoms with E-state index >= 15 is 0 Å². The second kappa shape index (κ2) is 16.5. The van der Waals surface area contributed by atoms with E-state index in [-0.39, 0.29) is 0 Å². The summed E-state index contributed by atoms with van der Waals surface area (Å²) in [6.45, 7) is 0. The van der Waals surface area contributed by atoms with Crippen LogP contribution in [0.4, 0.5) is 34.1 Å². The molecule has 0 saturated heterocycles. The Morgan fingerprint density at radius 1 is 0.302 bits per heavy atom. The number of benzene rings is 9. The highest BCUT2D eigenvalue weighted by atomic mass is 15.1. The fraction of sp³-hybridized carbons (Fsp3) is 0.0492. The Kier molecular flexibility index (Phi) is 9.95. The number of hydrogen-bond donors (Lipinski definition) is 0. The quantitative estimate of drug-likeness (QED) is 0.136. The molecule has 0 radical (unpaired) electrons. The predicted molar refractivity (Wildman–Crippen MR) is 265 cm³/mol. The summed E-state index contributed by atoms with van der Waals surface area (Å²) in [6, 6.07) is 86.5. The zero-order valence-corrected chi connectivity index (χ0v) is 35.1.